The van der Waals surface area contributed by atoms with E-state index in [0.717, 1.165) is 85.8 Å². The molecule has 1 amide bonds. The van der Waals surface area contributed by atoms with Crippen LogP contribution in [0.3, 0.4) is 0 Å². The lowest BCUT2D eigenvalue weighted by Gasteiger charge is -2.43. The second kappa shape index (κ2) is 10.3. The van der Waals surface area contributed by atoms with Crippen molar-refractivity contribution in [1.82, 2.24) is 19.8 Å². The molecule has 5 aliphatic rings. The third kappa shape index (κ3) is 5.20. The van der Waals surface area contributed by atoms with Crippen LogP contribution in [0.1, 0.15) is 68.6 Å². The topological polar surface area (TPSA) is 83.1 Å². The van der Waals surface area contributed by atoms with Gasteiger partial charge in [0, 0.05) is 62.7 Å². The Bertz CT molecular complexity index is 1280. The largest absolute Gasteiger partial charge is 0.486 e. The molecule has 0 radical (unpaired) electrons. The van der Waals surface area contributed by atoms with E-state index >= 15 is 0 Å². The number of anilines is 3. The molecule has 5 heterocycles. The molecule has 1 saturated carbocycles. The molecule has 1 unspecified atom stereocenters. The average molecular weight is 565 g/mol. The monoisotopic (exact) mass is 564 g/mol. The van der Waals surface area contributed by atoms with E-state index < -0.39 is 5.60 Å². The highest BCUT2D eigenvalue weighted by molar-refractivity contribution is 7.99. The molecule has 214 valence electrons. The number of likely N-dealkylation sites (tertiary alicyclic amines) is 2. The number of carbonyl (C=O) groups is 1. The second-order valence-electron chi connectivity index (χ2n) is 12.8. The molecule has 1 N–H and O–H groups in total. The van der Waals surface area contributed by atoms with Crippen LogP contribution < -0.4 is 15.0 Å². The third-order valence-electron chi connectivity index (χ3n) is 8.72. The van der Waals surface area contributed by atoms with E-state index in [9.17, 15) is 4.79 Å². The van der Waals surface area contributed by atoms with Crippen LogP contribution in [0.2, 0.25) is 0 Å². The fraction of sp³-hybridized carbons (Fsp3) is 0.633. The number of aromatic nitrogens is 2. The molecule has 1 atom stereocenters. The minimum Gasteiger partial charge on any atom is -0.486 e. The zero-order valence-corrected chi connectivity index (χ0v) is 24.6. The van der Waals surface area contributed by atoms with Crippen molar-refractivity contribution in [2.24, 2.45) is 0 Å². The van der Waals surface area contributed by atoms with Crippen molar-refractivity contribution in [3.05, 3.63) is 35.2 Å². The average Bonchev–Trinajstić information content (AvgIpc) is 3.67. The van der Waals surface area contributed by atoms with Gasteiger partial charge in [0.1, 0.15) is 35.9 Å². The summed E-state index contributed by atoms with van der Waals surface area (Å²) in [5, 5.41) is 3.67. The van der Waals surface area contributed by atoms with E-state index in [1.54, 1.807) is 6.33 Å². The quantitative estimate of drug-likeness (QED) is 0.555. The maximum absolute atomic E-state index is 12.5. The van der Waals surface area contributed by atoms with Gasteiger partial charge in [-0.15, -0.1) is 0 Å². The molecule has 9 nitrogen and oxygen atoms in total. The van der Waals surface area contributed by atoms with Gasteiger partial charge in [-0.25, -0.2) is 14.8 Å². The standard InChI is InChI=1S/C30H40N6O3S/c1-30(2,3)39-29(37)35-7-6-22(16-35)36-14-21(15-36)20-12-23(19-4-5-19)26-25(13-20)33-27-24(17-38-26)28(32-18-31-27)34-8-10-40-11-9-34/h12-13,18-19,21-22H,4-11,14-17H2,1-3H3,(H,31,32,33). The molecule has 40 heavy (non-hydrogen) atoms. The van der Waals surface area contributed by atoms with Crippen molar-refractivity contribution in [2.75, 3.05) is 61.0 Å². The van der Waals surface area contributed by atoms with Crippen LogP contribution in [0.25, 0.3) is 0 Å². The smallest absolute Gasteiger partial charge is 0.410 e. The number of hydrogen-bond donors (Lipinski definition) is 1. The van der Waals surface area contributed by atoms with Crippen molar-refractivity contribution in [2.45, 2.75) is 70.1 Å². The summed E-state index contributed by atoms with van der Waals surface area (Å²) in [5.41, 5.74) is 4.35. The minimum absolute atomic E-state index is 0.190. The van der Waals surface area contributed by atoms with Crippen LogP contribution in [0.15, 0.2) is 18.5 Å². The van der Waals surface area contributed by atoms with Crippen LogP contribution in [0.5, 0.6) is 5.75 Å². The van der Waals surface area contributed by atoms with Gasteiger partial charge < -0.3 is 24.6 Å². The van der Waals surface area contributed by atoms with Crippen LogP contribution in [-0.2, 0) is 11.3 Å². The van der Waals surface area contributed by atoms with Crippen LogP contribution in [0.4, 0.5) is 22.1 Å². The molecular weight excluding hydrogens is 524 g/mol. The summed E-state index contributed by atoms with van der Waals surface area (Å²) in [6, 6.07) is 5.11. The van der Waals surface area contributed by atoms with Gasteiger partial charge >= 0.3 is 6.09 Å². The van der Waals surface area contributed by atoms with Gasteiger partial charge in [0.15, 0.2) is 0 Å². The molecule has 7 rings (SSSR count). The first-order valence-corrected chi connectivity index (χ1v) is 15.9. The molecule has 4 aliphatic heterocycles. The van der Waals surface area contributed by atoms with E-state index in [0.29, 0.717) is 24.5 Å². The van der Waals surface area contributed by atoms with Gasteiger partial charge in [-0.1, -0.05) is 6.07 Å². The van der Waals surface area contributed by atoms with Crippen molar-refractivity contribution in [3.8, 4) is 5.75 Å². The summed E-state index contributed by atoms with van der Waals surface area (Å²) in [6.07, 6.45) is 4.95. The molecule has 0 bridgehead atoms. The lowest BCUT2D eigenvalue weighted by molar-refractivity contribution is 0.0260. The Morgan fingerprint density at radius 3 is 2.60 bits per heavy atom. The Labute approximate surface area is 241 Å². The zero-order chi connectivity index (χ0) is 27.4. The maximum atomic E-state index is 12.5. The summed E-state index contributed by atoms with van der Waals surface area (Å²) in [4.78, 5) is 28.7. The fourth-order valence-corrected chi connectivity index (χ4v) is 7.28. The lowest BCUT2D eigenvalue weighted by atomic mass is 9.87. The number of benzene rings is 1. The first-order chi connectivity index (χ1) is 19.3. The maximum Gasteiger partial charge on any atom is 0.410 e. The Kier molecular flexibility index (Phi) is 6.73. The summed E-state index contributed by atoms with van der Waals surface area (Å²) in [7, 11) is 0. The first kappa shape index (κ1) is 26.2. The highest BCUT2D eigenvalue weighted by atomic mass is 32.2. The lowest BCUT2D eigenvalue weighted by Crippen LogP contribution is -2.52. The van der Waals surface area contributed by atoms with Crippen molar-refractivity contribution in [1.29, 1.82) is 0 Å². The first-order valence-electron chi connectivity index (χ1n) is 14.8. The van der Waals surface area contributed by atoms with Crippen molar-refractivity contribution in [3.63, 3.8) is 0 Å². The summed E-state index contributed by atoms with van der Waals surface area (Å²) < 4.78 is 12.2. The molecule has 4 fully saturated rings. The number of fused-ring (bicyclic) bond motifs is 2. The Hall–Kier alpha value is -2.72. The Morgan fingerprint density at radius 1 is 1.05 bits per heavy atom. The predicted molar refractivity (Wildman–Crippen MR) is 158 cm³/mol. The van der Waals surface area contributed by atoms with E-state index in [-0.39, 0.29) is 6.09 Å². The SMILES string of the molecule is CC(C)(C)OC(=O)N1CCC(N2CC(c3cc4c(c(C5CC5)c3)OCc3c(ncnc3N3CCSCC3)N4)C2)C1. The van der Waals surface area contributed by atoms with Gasteiger partial charge in [0.2, 0.25) is 0 Å². The normalized spacial score (nSPS) is 23.4. The predicted octanol–water partition coefficient (Wildman–Crippen LogP) is 4.95. The molecule has 3 saturated heterocycles. The molecule has 2 aromatic rings. The van der Waals surface area contributed by atoms with Crippen molar-refractivity contribution >= 4 is 35.2 Å². The highest BCUT2D eigenvalue weighted by Crippen LogP contribution is 2.50. The highest BCUT2D eigenvalue weighted by Gasteiger charge is 2.40. The number of nitrogens with zero attached hydrogens (tertiary/aromatic N) is 5. The van der Waals surface area contributed by atoms with Gasteiger partial charge in [0.05, 0.1) is 11.3 Å². The Morgan fingerprint density at radius 2 is 1.85 bits per heavy atom. The number of nitrogens with one attached hydrogen (secondary N) is 1. The minimum atomic E-state index is -0.458. The molecule has 1 aliphatic carbocycles. The number of ether oxygens (including phenoxy) is 2. The van der Waals surface area contributed by atoms with Gasteiger partial charge in [-0.3, -0.25) is 4.90 Å². The summed E-state index contributed by atoms with van der Waals surface area (Å²) >= 11 is 2.00. The number of thioether (sulfide) groups is 1. The van der Waals surface area contributed by atoms with Gasteiger partial charge in [-0.2, -0.15) is 11.8 Å². The van der Waals surface area contributed by atoms with Crippen LogP contribution >= 0.6 is 11.8 Å². The molecule has 1 aromatic carbocycles. The van der Waals surface area contributed by atoms with E-state index in [1.165, 1.54) is 24.0 Å². The van der Waals surface area contributed by atoms with Crippen LogP contribution in [-0.4, -0.2) is 88.3 Å². The van der Waals surface area contributed by atoms with E-state index in [2.05, 4.69) is 37.2 Å². The van der Waals surface area contributed by atoms with Crippen LogP contribution in [0, 0.1) is 0 Å². The third-order valence-corrected chi connectivity index (χ3v) is 9.66. The number of carbonyl (C=O) groups excluding carboxylic acids is 1. The zero-order valence-electron chi connectivity index (χ0n) is 23.8. The fourth-order valence-electron chi connectivity index (χ4n) is 6.38. The van der Waals surface area contributed by atoms with Crippen molar-refractivity contribution < 1.29 is 14.3 Å². The molecule has 0 spiro atoms. The molecule has 1 aromatic heterocycles. The summed E-state index contributed by atoms with van der Waals surface area (Å²) in [6.45, 7) is 11.8. The number of rotatable bonds is 4. The van der Waals surface area contributed by atoms with Gasteiger partial charge in [-0.05, 0) is 63.1 Å². The van der Waals surface area contributed by atoms with E-state index in [1.807, 2.05) is 37.4 Å². The number of hydrogen-bond acceptors (Lipinski definition) is 9. The van der Waals surface area contributed by atoms with Gasteiger partial charge in [0.25, 0.3) is 0 Å². The molecular formula is C30H40N6O3S. The summed E-state index contributed by atoms with van der Waals surface area (Å²) in [5.74, 6) is 6.17. The Balaban J connectivity index is 1.07. The molecule has 10 heteroatoms. The number of amides is 1. The second-order valence-corrected chi connectivity index (χ2v) is 14.0. The van der Waals surface area contributed by atoms with E-state index in [4.69, 9.17) is 9.47 Å².